The van der Waals surface area contributed by atoms with E-state index in [1.807, 2.05) is 23.1 Å². The summed E-state index contributed by atoms with van der Waals surface area (Å²) in [5, 5.41) is 9.73. The monoisotopic (exact) mass is 351 g/mol. The fourth-order valence-electron chi connectivity index (χ4n) is 4.20. The van der Waals surface area contributed by atoms with Gasteiger partial charge in [0.15, 0.2) is 0 Å². The lowest BCUT2D eigenvalue weighted by molar-refractivity contribution is -0.150. The molecule has 0 bridgehead atoms. The van der Waals surface area contributed by atoms with Crippen LogP contribution in [0.4, 0.5) is 0 Å². The molecule has 0 spiro atoms. The van der Waals surface area contributed by atoms with E-state index < -0.39 is 0 Å². The molecule has 2 aliphatic rings. The van der Waals surface area contributed by atoms with Gasteiger partial charge in [0.25, 0.3) is 0 Å². The minimum Gasteiger partial charge on any atom is -0.374 e. The third-order valence-corrected chi connectivity index (χ3v) is 5.47. The van der Waals surface area contributed by atoms with Crippen molar-refractivity contribution in [3.63, 3.8) is 0 Å². The topological polar surface area (TPSA) is 75.3 Å². The van der Waals surface area contributed by atoms with Gasteiger partial charge in [-0.15, -0.1) is 0 Å². The van der Waals surface area contributed by atoms with E-state index in [-0.39, 0.29) is 35.6 Å². The van der Waals surface area contributed by atoms with Crippen LogP contribution in [0.25, 0.3) is 10.9 Å². The lowest BCUT2D eigenvalue weighted by Gasteiger charge is -2.43. The second kappa shape index (κ2) is 6.93. The first kappa shape index (κ1) is 16.8. The van der Waals surface area contributed by atoms with Crippen molar-refractivity contribution < 1.29 is 9.53 Å². The van der Waals surface area contributed by atoms with Gasteiger partial charge >= 0.3 is 0 Å². The minimum atomic E-state index is -0.287. The van der Waals surface area contributed by atoms with E-state index in [1.54, 1.807) is 16.7 Å². The normalized spacial score (nSPS) is 22.7. The molecule has 2 unspecified atom stereocenters. The van der Waals surface area contributed by atoms with E-state index in [1.165, 1.54) is 6.20 Å². The van der Waals surface area contributed by atoms with E-state index in [2.05, 4.69) is 0 Å². The van der Waals surface area contributed by atoms with Crippen LogP contribution >= 0.6 is 0 Å². The van der Waals surface area contributed by atoms with Crippen LogP contribution in [0, 0.1) is 11.3 Å². The Morgan fingerprint density at radius 3 is 2.92 bits per heavy atom. The molecule has 26 heavy (non-hydrogen) atoms. The smallest absolute Gasteiger partial charge is 0.242 e. The van der Waals surface area contributed by atoms with Gasteiger partial charge in [0.05, 0.1) is 24.3 Å². The summed E-state index contributed by atoms with van der Waals surface area (Å²) < 4.78 is 7.58. The van der Waals surface area contributed by atoms with Crippen molar-refractivity contribution in [1.82, 2.24) is 9.47 Å². The van der Waals surface area contributed by atoms with Gasteiger partial charge in [0.1, 0.15) is 18.2 Å². The number of ether oxygens (including phenoxy) is 1. The maximum Gasteiger partial charge on any atom is 0.242 e. The molecule has 4 rings (SSSR count). The highest BCUT2D eigenvalue weighted by Crippen LogP contribution is 2.28. The molecule has 0 radical (unpaired) electrons. The van der Waals surface area contributed by atoms with Gasteiger partial charge in [-0.05, 0) is 25.0 Å². The van der Waals surface area contributed by atoms with E-state index in [4.69, 9.17) is 4.74 Å². The van der Waals surface area contributed by atoms with E-state index in [0.717, 1.165) is 25.7 Å². The maximum absolute atomic E-state index is 13.0. The Kier molecular flexibility index (Phi) is 4.48. The van der Waals surface area contributed by atoms with Crippen LogP contribution in [0.5, 0.6) is 0 Å². The SMILES string of the molecule is N#Cc1cn(CC(=O)N2CCOC3CCCCC32)c2ccccc2c1=O. The van der Waals surface area contributed by atoms with Crippen molar-refractivity contribution >= 4 is 16.8 Å². The Morgan fingerprint density at radius 1 is 1.27 bits per heavy atom. The average molecular weight is 351 g/mol. The predicted molar refractivity (Wildman–Crippen MR) is 96.6 cm³/mol. The summed E-state index contributed by atoms with van der Waals surface area (Å²) in [4.78, 5) is 27.3. The molecule has 1 aliphatic carbocycles. The van der Waals surface area contributed by atoms with Gasteiger partial charge in [-0.25, -0.2) is 0 Å². The van der Waals surface area contributed by atoms with Gasteiger partial charge in [0.2, 0.25) is 11.3 Å². The van der Waals surface area contributed by atoms with Crippen LogP contribution < -0.4 is 5.43 Å². The summed E-state index contributed by atoms with van der Waals surface area (Å²) in [7, 11) is 0. The number of carbonyl (C=O) groups excluding carboxylic acids is 1. The van der Waals surface area contributed by atoms with Gasteiger partial charge in [-0.2, -0.15) is 5.26 Å². The molecule has 2 atom stereocenters. The summed E-state index contributed by atoms with van der Waals surface area (Å²) in [6, 6.07) is 9.21. The predicted octanol–water partition coefficient (Wildman–Crippen LogP) is 2.04. The average Bonchev–Trinajstić information content (AvgIpc) is 2.69. The Balaban J connectivity index is 1.67. The van der Waals surface area contributed by atoms with Gasteiger partial charge in [-0.1, -0.05) is 25.0 Å². The molecule has 2 heterocycles. The number of rotatable bonds is 2. The number of nitriles is 1. The van der Waals surface area contributed by atoms with Crippen molar-refractivity contribution in [3.05, 3.63) is 46.2 Å². The van der Waals surface area contributed by atoms with Gasteiger partial charge < -0.3 is 14.2 Å². The zero-order chi connectivity index (χ0) is 18.1. The molecule has 6 heteroatoms. The number of carbonyl (C=O) groups is 1. The first-order valence-corrected chi connectivity index (χ1v) is 9.12. The lowest BCUT2D eigenvalue weighted by Crippen LogP contribution is -2.55. The first-order chi connectivity index (χ1) is 12.7. The number of aromatic nitrogens is 1. The molecule has 1 saturated carbocycles. The van der Waals surface area contributed by atoms with Gasteiger partial charge in [0, 0.05) is 18.1 Å². The summed E-state index contributed by atoms with van der Waals surface area (Å²) in [5.74, 6) is 0.0166. The van der Waals surface area contributed by atoms with Crippen molar-refractivity contribution in [2.24, 2.45) is 0 Å². The number of para-hydroxylation sites is 1. The number of fused-ring (bicyclic) bond motifs is 2. The zero-order valence-electron chi connectivity index (χ0n) is 14.6. The van der Waals surface area contributed by atoms with Crippen molar-refractivity contribution in [3.8, 4) is 6.07 Å². The highest BCUT2D eigenvalue weighted by atomic mass is 16.5. The van der Waals surface area contributed by atoms with E-state index in [0.29, 0.717) is 24.1 Å². The van der Waals surface area contributed by atoms with E-state index >= 15 is 0 Å². The molecule has 1 amide bonds. The second-order valence-corrected chi connectivity index (χ2v) is 6.98. The lowest BCUT2D eigenvalue weighted by atomic mass is 9.90. The molecular weight excluding hydrogens is 330 g/mol. The molecule has 1 aromatic heterocycles. The Labute approximate surface area is 151 Å². The standard InChI is InChI=1S/C20H21N3O3/c21-11-14-12-22(16-6-2-1-5-15(16)20(14)25)13-19(24)23-9-10-26-18-8-4-3-7-17(18)23/h1-2,5-6,12,17-18H,3-4,7-10,13H2. The highest BCUT2D eigenvalue weighted by molar-refractivity contribution is 5.83. The zero-order valence-corrected chi connectivity index (χ0v) is 14.6. The first-order valence-electron chi connectivity index (χ1n) is 9.12. The number of amides is 1. The van der Waals surface area contributed by atoms with Crippen LogP contribution in [-0.2, 0) is 16.1 Å². The van der Waals surface area contributed by atoms with Crippen LogP contribution in [0.15, 0.2) is 35.3 Å². The Hall–Kier alpha value is -2.65. The summed E-state index contributed by atoms with van der Waals surface area (Å²) in [5.41, 5.74) is 0.456. The number of hydrogen-bond acceptors (Lipinski definition) is 4. The Bertz CT molecular complexity index is 941. The number of pyridine rings is 1. The van der Waals surface area contributed by atoms with E-state index in [9.17, 15) is 14.9 Å². The summed E-state index contributed by atoms with van der Waals surface area (Å²) >= 11 is 0. The molecule has 1 aliphatic heterocycles. The minimum absolute atomic E-state index is 0.0166. The van der Waals surface area contributed by atoms with Crippen molar-refractivity contribution in [2.75, 3.05) is 13.2 Å². The molecule has 0 N–H and O–H groups in total. The molecular formula is C20H21N3O3. The van der Waals surface area contributed by atoms with Crippen LogP contribution in [0.3, 0.4) is 0 Å². The number of nitrogens with zero attached hydrogens (tertiary/aromatic N) is 3. The van der Waals surface area contributed by atoms with Gasteiger partial charge in [-0.3, -0.25) is 9.59 Å². The third-order valence-electron chi connectivity index (χ3n) is 5.47. The molecule has 134 valence electrons. The number of benzene rings is 1. The largest absolute Gasteiger partial charge is 0.374 e. The second-order valence-electron chi connectivity index (χ2n) is 6.98. The van der Waals surface area contributed by atoms with Crippen LogP contribution in [-0.4, -0.2) is 40.7 Å². The summed E-state index contributed by atoms with van der Waals surface area (Å²) in [6.07, 6.45) is 5.90. The van der Waals surface area contributed by atoms with Crippen LogP contribution in [0.2, 0.25) is 0 Å². The van der Waals surface area contributed by atoms with Crippen molar-refractivity contribution in [2.45, 2.75) is 44.4 Å². The maximum atomic E-state index is 13.0. The molecule has 2 fully saturated rings. The number of morpholine rings is 1. The molecule has 6 nitrogen and oxygen atoms in total. The fourth-order valence-corrected chi connectivity index (χ4v) is 4.20. The molecule has 1 saturated heterocycles. The quantitative estimate of drug-likeness (QED) is 0.830. The molecule has 1 aromatic carbocycles. The summed E-state index contributed by atoms with van der Waals surface area (Å²) in [6.45, 7) is 1.29. The fraction of sp³-hybridized carbons (Fsp3) is 0.450. The third kappa shape index (κ3) is 2.89. The Morgan fingerprint density at radius 2 is 2.08 bits per heavy atom. The molecule has 2 aromatic rings. The highest BCUT2D eigenvalue weighted by Gasteiger charge is 2.36. The van der Waals surface area contributed by atoms with Crippen molar-refractivity contribution in [1.29, 1.82) is 5.26 Å². The number of hydrogen-bond donors (Lipinski definition) is 0. The van der Waals surface area contributed by atoms with Crippen LogP contribution in [0.1, 0.15) is 31.2 Å².